The lowest BCUT2D eigenvalue weighted by molar-refractivity contribution is 0.0515. The monoisotopic (exact) mass is 546 g/mol. The smallest absolute Gasteiger partial charge is 0.232 e. The average Bonchev–Trinajstić information content (AvgIpc) is 3.42. The molecule has 2 N–H and O–H groups in total. The minimum Gasteiger partial charge on any atom is -0.381 e. The van der Waals surface area contributed by atoms with Gasteiger partial charge in [0.25, 0.3) is 0 Å². The standard InChI is InChI=1S/C30H35FN6OS/c31-25-10-8-24(9-11-25)30(12-16-38-17-13-30)21-32-29(39)35-28-33-26(36-14-4-1-5-15-36)18-27(34-28)37-19-22-6-2-3-7-23(22)20-37/h2-3,6-11,18H,1,4-5,12-17,19-21H2,(H2,32,33,34,35,39). The zero-order valence-corrected chi connectivity index (χ0v) is 23.0. The fraction of sp³-hybridized carbons (Fsp3) is 0.433. The number of hydrogen-bond acceptors (Lipinski definition) is 6. The van der Waals surface area contributed by atoms with Crippen molar-refractivity contribution < 1.29 is 9.13 Å². The Bertz CT molecular complexity index is 1280. The van der Waals surface area contributed by atoms with Crippen molar-refractivity contribution in [1.82, 2.24) is 15.3 Å². The number of thiocarbonyl (C=S) groups is 1. The number of benzene rings is 2. The maximum atomic E-state index is 13.6. The zero-order chi connectivity index (χ0) is 26.7. The lowest BCUT2D eigenvalue weighted by Gasteiger charge is -2.38. The highest BCUT2D eigenvalue weighted by atomic mass is 32.1. The first-order valence-corrected chi connectivity index (χ1v) is 14.3. The molecule has 2 saturated heterocycles. The van der Waals surface area contributed by atoms with Crippen LogP contribution < -0.4 is 20.4 Å². The molecule has 1 aromatic heterocycles. The number of ether oxygens (including phenoxy) is 1. The first-order valence-electron chi connectivity index (χ1n) is 13.9. The molecule has 2 fully saturated rings. The average molecular weight is 547 g/mol. The second-order valence-corrected chi connectivity index (χ2v) is 11.2. The first-order chi connectivity index (χ1) is 19.1. The normalized spacial score (nSPS) is 18.5. The number of aromatic nitrogens is 2. The van der Waals surface area contributed by atoms with E-state index in [1.807, 2.05) is 12.1 Å². The lowest BCUT2D eigenvalue weighted by Crippen LogP contribution is -2.45. The first kappa shape index (κ1) is 26.0. The fourth-order valence-corrected chi connectivity index (χ4v) is 6.11. The zero-order valence-electron chi connectivity index (χ0n) is 22.2. The molecule has 0 spiro atoms. The third-order valence-corrected chi connectivity index (χ3v) is 8.51. The van der Waals surface area contributed by atoms with Gasteiger partial charge in [0, 0.05) is 57.4 Å². The highest BCUT2D eigenvalue weighted by molar-refractivity contribution is 7.80. The maximum Gasteiger partial charge on any atom is 0.232 e. The minimum atomic E-state index is -0.228. The molecule has 204 valence electrons. The topological polar surface area (TPSA) is 65.6 Å². The van der Waals surface area contributed by atoms with Gasteiger partial charge in [-0.05, 0) is 73.1 Å². The van der Waals surface area contributed by atoms with Gasteiger partial charge in [-0.25, -0.2) is 4.39 Å². The summed E-state index contributed by atoms with van der Waals surface area (Å²) < 4.78 is 19.3. The van der Waals surface area contributed by atoms with Crippen LogP contribution in [0.1, 0.15) is 48.8 Å². The third-order valence-electron chi connectivity index (χ3n) is 8.26. The summed E-state index contributed by atoms with van der Waals surface area (Å²) in [4.78, 5) is 14.4. The quantitative estimate of drug-likeness (QED) is 0.411. The van der Waals surface area contributed by atoms with Crippen molar-refractivity contribution in [3.05, 3.63) is 77.1 Å². The van der Waals surface area contributed by atoms with Gasteiger partial charge < -0.3 is 25.2 Å². The Morgan fingerprint density at radius 2 is 1.54 bits per heavy atom. The lowest BCUT2D eigenvalue weighted by atomic mass is 9.74. The van der Waals surface area contributed by atoms with Crippen LogP contribution in [-0.4, -0.2) is 47.9 Å². The molecule has 2 aromatic carbocycles. The molecule has 39 heavy (non-hydrogen) atoms. The number of piperidine rings is 1. The van der Waals surface area contributed by atoms with Crippen LogP contribution in [0.15, 0.2) is 54.6 Å². The Hall–Kier alpha value is -3.30. The predicted molar refractivity (Wildman–Crippen MR) is 157 cm³/mol. The van der Waals surface area contributed by atoms with Gasteiger partial charge in [0.1, 0.15) is 17.5 Å². The molecule has 0 aliphatic carbocycles. The molecule has 7 nitrogen and oxygen atoms in total. The maximum absolute atomic E-state index is 13.6. The number of nitrogens with zero attached hydrogens (tertiary/aromatic N) is 4. The van der Waals surface area contributed by atoms with E-state index in [0.717, 1.165) is 56.2 Å². The number of halogens is 1. The molecule has 0 bridgehead atoms. The molecule has 0 radical (unpaired) electrons. The molecule has 0 atom stereocenters. The molecular formula is C30H35FN6OS. The van der Waals surface area contributed by atoms with Gasteiger partial charge in [-0.15, -0.1) is 0 Å². The Morgan fingerprint density at radius 3 is 2.21 bits per heavy atom. The second-order valence-electron chi connectivity index (χ2n) is 10.8. The predicted octanol–water partition coefficient (Wildman–Crippen LogP) is 5.16. The Labute approximate surface area is 234 Å². The second kappa shape index (κ2) is 11.4. The molecule has 4 heterocycles. The van der Waals surface area contributed by atoms with Crippen LogP contribution in [0, 0.1) is 5.82 Å². The van der Waals surface area contributed by atoms with E-state index in [1.165, 1.54) is 42.5 Å². The summed E-state index contributed by atoms with van der Waals surface area (Å²) in [6.45, 7) is 5.62. The molecule has 6 rings (SSSR count). The summed E-state index contributed by atoms with van der Waals surface area (Å²) in [7, 11) is 0. The molecule has 3 aliphatic rings. The van der Waals surface area contributed by atoms with Crippen LogP contribution >= 0.6 is 12.2 Å². The van der Waals surface area contributed by atoms with Gasteiger partial charge in [-0.2, -0.15) is 9.97 Å². The van der Waals surface area contributed by atoms with Crippen LogP contribution in [0.3, 0.4) is 0 Å². The van der Waals surface area contributed by atoms with Crippen molar-refractivity contribution in [2.75, 3.05) is 48.0 Å². The van der Waals surface area contributed by atoms with E-state index in [2.05, 4.69) is 50.8 Å². The van der Waals surface area contributed by atoms with Crippen molar-refractivity contribution in [2.45, 2.75) is 50.6 Å². The Balaban J connectivity index is 1.20. The van der Waals surface area contributed by atoms with Gasteiger partial charge in [-0.1, -0.05) is 36.4 Å². The van der Waals surface area contributed by atoms with Crippen LogP contribution in [0.4, 0.5) is 22.0 Å². The molecule has 3 aromatic rings. The number of anilines is 3. The van der Waals surface area contributed by atoms with Crippen LogP contribution in [0.5, 0.6) is 0 Å². The largest absolute Gasteiger partial charge is 0.381 e. The van der Waals surface area contributed by atoms with Gasteiger partial charge in [0.2, 0.25) is 5.95 Å². The van der Waals surface area contributed by atoms with Crippen molar-refractivity contribution in [3.8, 4) is 0 Å². The Morgan fingerprint density at radius 1 is 0.897 bits per heavy atom. The summed E-state index contributed by atoms with van der Waals surface area (Å²) in [5.41, 5.74) is 3.59. The van der Waals surface area contributed by atoms with Crippen LogP contribution in [0.2, 0.25) is 0 Å². The van der Waals surface area contributed by atoms with Gasteiger partial charge >= 0.3 is 0 Å². The summed E-state index contributed by atoms with van der Waals surface area (Å²) in [6, 6.07) is 17.5. The molecular weight excluding hydrogens is 511 g/mol. The van der Waals surface area contributed by atoms with Gasteiger partial charge in [0.05, 0.1) is 0 Å². The highest BCUT2D eigenvalue weighted by Crippen LogP contribution is 2.35. The SMILES string of the molecule is Fc1ccc(C2(CNC(=S)Nc3nc(N4CCCCC4)cc(N4Cc5ccccc5C4)n3)CCOCC2)cc1. The number of fused-ring (bicyclic) bond motifs is 1. The van der Waals surface area contributed by atoms with Crippen LogP contribution in [-0.2, 0) is 23.2 Å². The summed E-state index contributed by atoms with van der Waals surface area (Å²) >= 11 is 5.74. The van der Waals surface area contributed by atoms with E-state index in [0.29, 0.717) is 30.8 Å². The molecule has 9 heteroatoms. The summed E-state index contributed by atoms with van der Waals surface area (Å²) in [5, 5.41) is 7.18. The van der Waals surface area contributed by atoms with Crippen molar-refractivity contribution in [1.29, 1.82) is 0 Å². The summed E-state index contributed by atoms with van der Waals surface area (Å²) in [5.74, 6) is 2.12. The van der Waals surface area contributed by atoms with Gasteiger partial charge in [0.15, 0.2) is 5.11 Å². The van der Waals surface area contributed by atoms with E-state index in [1.54, 1.807) is 0 Å². The van der Waals surface area contributed by atoms with Gasteiger partial charge in [-0.3, -0.25) is 0 Å². The Kier molecular flexibility index (Phi) is 7.61. The van der Waals surface area contributed by atoms with E-state index < -0.39 is 0 Å². The molecule has 3 aliphatic heterocycles. The van der Waals surface area contributed by atoms with E-state index in [4.69, 9.17) is 26.9 Å². The van der Waals surface area contributed by atoms with Crippen LogP contribution in [0.25, 0.3) is 0 Å². The molecule has 0 saturated carbocycles. The number of nitrogens with one attached hydrogen (secondary N) is 2. The molecule has 0 unspecified atom stereocenters. The number of rotatable bonds is 6. The summed E-state index contributed by atoms with van der Waals surface area (Å²) in [6.07, 6.45) is 5.29. The minimum absolute atomic E-state index is 0.180. The van der Waals surface area contributed by atoms with E-state index >= 15 is 0 Å². The van der Waals surface area contributed by atoms with Crippen molar-refractivity contribution in [2.24, 2.45) is 0 Å². The fourth-order valence-electron chi connectivity index (χ4n) is 5.95. The van der Waals surface area contributed by atoms with E-state index in [9.17, 15) is 4.39 Å². The number of hydrogen-bond donors (Lipinski definition) is 2. The van der Waals surface area contributed by atoms with Crippen molar-refractivity contribution in [3.63, 3.8) is 0 Å². The van der Waals surface area contributed by atoms with Crippen molar-refractivity contribution >= 4 is 34.9 Å². The molecule has 0 amide bonds. The third kappa shape index (κ3) is 5.84. The van der Waals surface area contributed by atoms with E-state index in [-0.39, 0.29) is 11.2 Å². The highest BCUT2D eigenvalue weighted by Gasteiger charge is 2.34.